The molecule has 0 aromatic carbocycles. The van der Waals surface area contributed by atoms with E-state index in [1.807, 2.05) is 0 Å². The van der Waals surface area contributed by atoms with Gasteiger partial charge in [0.25, 0.3) is 18.6 Å². The summed E-state index contributed by atoms with van der Waals surface area (Å²) in [6, 6.07) is 0. The Hall–Kier alpha value is 0.924. The van der Waals surface area contributed by atoms with E-state index in [-0.39, 0.29) is 44.6 Å². The van der Waals surface area contributed by atoms with E-state index in [4.69, 9.17) is 16.5 Å². The molecule has 0 N–H and O–H groups in total. The minimum absolute atomic E-state index is 0. The molecule has 0 aromatic rings. The van der Waals surface area contributed by atoms with Gasteiger partial charge in [0.15, 0.2) is 16.6 Å². The summed E-state index contributed by atoms with van der Waals surface area (Å²) < 4.78 is 24.3. The highest BCUT2D eigenvalue weighted by Crippen LogP contribution is 2.17. The Morgan fingerprint density at radius 1 is 0.520 bits per heavy atom. The second-order valence-corrected chi connectivity index (χ2v) is 24.5. The fraction of sp³-hybridized carbons (Fsp3) is 1.00. The third-order valence-electron chi connectivity index (χ3n) is 1.90. The third-order valence-corrected chi connectivity index (χ3v) is 17.1. The van der Waals surface area contributed by atoms with Crippen LogP contribution in [0.4, 0.5) is 0 Å². The average molecular weight is 453 g/mol. The molecule has 0 aliphatic heterocycles. The largest absolute Gasteiger partial charge is 0.439 e. The van der Waals surface area contributed by atoms with E-state index in [0.717, 1.165) is 0 Å². The standard InChI is InChI=1S/C10H32O4Si5.6CH4/c1-15(12-17(3,4)5)11-16(2)13-19(9,10)14-18(6,7)8;;;;;;/h15-16H,1-10H3;6*1H4. The van der Waals surface area contributed by atoms with Gasteiger partial charge in [0, 0.05) is 0 Å². The lowest BCUT2D eigenvalue weighted by atomic mass is 11.8. The first-order chi connectivity index (χ1) is 8.20. The number of hydrogen-bond acceptors (Lipinski definition) is 4. The molecule has 0 bridgehead atoms. The quantitative estimate of drug-likeness (QED) is 0.373. The lowest BCUT2D eigenvalue weighted by Gasteiger charge is -2.34. The van der Waals surface area contributed by atoms with E-state index < -0.39 is 43.8 Å². The Labute approximate surface area is 170 Å². The molecule has 25 heavy (non-hydrogen) atoms. The van der Waals surface area contributed by atoms with Crippen LogP contribution < -0.4 is 0 Å². The summed E-state index contributed by atoms with van der Waals surface area (Å²) in [6.45, 7) is 21.6. The molecule has 0 aromatic heterocycles. The fourth-order valence-electron chi connectivity index (χ4n) is 1.98. The zero-order valence-electron chi connectivity index (χ0n) is 14.3. The molecule has 0 aliphatic carbocycles. The Morgan fingerprint density at radius 2 is 0.840 bits per heavy atom. The van der Waals surface area contributed by atoms with E-state index in [2.05, 4.69) is 65.5 Å². The van der Waals surface area contributed by atoms with Gasteiger partial charge in [-0.15, -0.1) is 0 Å². The van der Waals surface area contributed by atoms with Gasteiger partial charge in [-0.3, -0.25) is 0 Å². The molecule has 2 atom stereocenters. The molecular formula is C16H56O4Si5. The highest BCUT2D eigenvalue weighted by atomic mass is 28.5. The third kappa shape index (κ3) is 29.9. The van der Waals surface area contributed by atoms with Gasteiger partial charge in [0.05, 0.1) is 0 Å². The van der Waals surface area contributed by atoms with Crippen LogP contribution in [0, 0.1) is 0 Å². The predicted molar refractivity (Wildman–Crippen MR) is 135 cm³/mol. The van der Waals surface area contributed by atoms with Crippen LogP contribution in [-0.4, -0.2) is 43.8 Å². The summed E-state index contributed by atoms with van der Waals surface area (Å²) in [7, 11) is -8.29. The van der Waals surface area contributed by atoms with E-state index in [1.54, 1.807) is 0 Å². The molecule has 4 nitrogen and oxygen atoms in total. The minimum atomic E-state index is -2.05. The summed E-state index contributed by atoms with van der Waals surface area (Å²) in [5.41, 5.74) is 0. The summed E-state index contributed by atoms with van der Waals surface area (Å²) in [6.07, 6.45) is 0. The van der Waals surface area contributed by atoms with Crippen LogP contribution in [0.1, 0.15) is 44.6 Å². The Morgan fingerprint density at radius 3 is 1.12 bits per heavy atom. The molecule has 0 saturated carbocycles. The maximum absolute atomic E-state index is 6.17. The topological polar surface area (TPSA) is 36.9 Å². The van der Waals surface area contributed by atoms with Crippen molar-refractivity contribution in [3.63, 3.8) is 0 Å². The zero-order valence-corrected chi connectivity index (χ0v) is 19.6. The van der Waals surface area contributed by atoms with E-state index in [0.29, 0.717) is 0 Å². The van der Waals surface area contributed by atoms with Gasteiger partial charge in [0.2, 0.25) is 0 Å². The van der Waals surface area contributed by atoms with Crippen molar-refractivity contribution in [3.8, 4) is 0 Å². The van der Waals surface area contributed by atoms with Crippen LogP contribution in [0.25, 0.3) is 0 Å². The lowest BCUT2D eigenvalue weighted by molar-refractivity contribution is 0.333. The van der Waals surface area contributed by atoms with Crippen LogP contribution in [-0.2, 0) is 16.5 Å². The molecule has 0 rings (SSSR count). The summed E-state index contributed by atoms with van der Waals surface area (Å²) >= 11 is 0. The molecule has 9 heteroatoms. The maximum atomic E-state index is 6.17. The van der Waals surface area contributed by atoms with E-state index >= 15 is 0 Å². The van der Waals surface area contributed by atoms with Gasteiger partial charge in [0.1, 0.15) is 0 Å². The summed E-state index contributed by atoms with van der Waals surface area (Å²) in [5, 5.41) is 0. The van der Waals surface area contributed by atoms with Crippen molar-refractivity contribution in [1.82, 2.24) is 0 Å². The van der Waals surface area contributed by atoms with E-state index in [9.17, 15) is 0 Å². The van der Waals surface area contributed by atoms with Crippen LogP contribution in [0.5, 0.6) is 0 Å². The lowest BCUT2D eigenvalue weighted by Crippen LogP contribution is -2.49. The summed E-state index contributed by atoms with van der Waals surface area (Å²) in [4.78, 5) is 0. The molecule has 164 valence electrons. The first kappa shape index (κ1) is 45.0. The summed E-state index contributed by atoms with van der Waals surface area (Å²) in [5.74, 6) is 0. The SMILES string of the molecule is C.C.C.C.C.C.C[SiH](O[SiH](C)O[Si](C)(C)O[Si](C)(C)C)O[Si](C)(C)C. The first-order valence-corrected chi connectivity index (χ1v) is 20.7. The molecule has 0 saturated heterocycles. The second-order valence-electron chi connectivity index (χ2n) is 7.23. The molecule has 0 radical (unpaired) electrons. The minimum Gasteiger partial charge on any atom is -0.439 e. The van der Waals surface area contributed by atoms with Crippen LogP contribution in [0.2, 0.25) is 65.5 Å². The monoisotopic (exact) mass is 452 g/mol. The van der Waals surface area contributed by atoms with Crippen molar-refractivity contribution in [1.29, 1.82) is 0 Å². The van der Waals surface area contributed by atoms with Crippen molar-refractivity contribution in [2.45, 2.75) is 110 Å². The van der Waals surface area contributed by atoms with Crippen molar-refractivity contribution in [3.05, 3.63) is 0 Å². The normalized spacial score (nSPS) is 13.2. The highest BCUT2D eigenvalue weighted by Gasteiger charge is 2.34. The van der Waals surface area contributed by atoms with E-state index in [1.165, 1.54) is 0 Å². The Balaban J connectivity index is -0.000000108. The van der Waals surface area contributed by atoms with Gasteiger partial charge < -0.3 is 16.5 Å². The van der Waals surface area contributed by atoms with Crippen LogP contribution >= 0.6 is 0 Å². The number of hydrogen-bond donors (Lipinski definition) is 0. The molecule has 0 aliphatic rings. The van der Waals surface area contributed by atoms with Crippen molar-refractivity contribution >= 4 is 43.8 Å². The predicted octanol–water partition coefficient (Wildman–Crippen LogP) is 6.94. The molecule has 0 spiro atoms. The highest BCUT2D eigenvalue weighted by molar-refractivity contribution is 6.84. The maximum Gasteiger partial charge on any atom is 0.312 e. The van der Waals surface area contributed by atoms with Crippen LogP contribution in [0.3, 0.4) is 0 Å². The van der Waals surface area contributed by atoms with Gasteiger partial charge in [-0.2, -0.15) is 0 Å². The van der Waals surface area contributed by atoms with Gasteiger partial charge in [-0.05, 0) is 65.5 Å². The fourth-order valence-corrected chi connectivity index (χ4v) is 19.3. The molecule has 0 amide bonds. The van der Waals surface area contributed by atoms with Crippen molar-refractivity contribution in [2.24, 2.45) is 0 Å². The Kier molecular flexibility index (Phi) is 30.7. The smallest absolute Gasteiger partial charge is 0.312 e. The molecule has 0 heterocycles. The zero-order chi connectivity index (χ0) is 15.5. The first-order valence-electron chi connectivity index (χ1n) is 6.91. The van der Waals surface area contributed by atoms with Gasteiger partial charge in [-0.1, -0.05) is 44.6 Å². The second kappa shape index (κ2) is 17.1. The Bertz CT molecular complexity index is 279. The number of rotatable bonds is 8. The van der Waals surface area contributed by atoms with Gasteiger partial charge >= 0.3 is 8.56 Å². The van der Waals surface area contributed by atoms with Crippen molar-refractivity contribution in [2.75, 3.05) is 0 Å². The molecule has 0 fully saturated rings. The van der Waals surface area contributed by atoms with Crippen LogP contribution in [0.15, 0.2) is 0 Å². The average Bonchev–Trinajstić information content (AvgIpc) is 1.89. The molecular weight excluding hydrogens is 397 g/mol. The van der Waals surface area contributed by atoms with Gasteiger partial charge in [-0.25, -0.2) is 0 Å². The molecule has 2 unspecified atom stereocenters. The van der Waals surface area contributed by atoms with Crippen molar-refractivity contribution < 1.29 is 16.5 Å².